The van der Waals surface area contributed by atoms with Crippen molar-refractivity contribution in [1.29, 1.82) is 0 Å². The van der Waals surface area contributed by atoms with Gasteiger partial charge in [0.1, 0.15) is 5.82 Å². The van der Waals surface area contributed by atoms with Gasteiger partial charge in [0, 0.05) is 12.1 Å². The van der Waals surface area contributed by atoms with Crippen LogP contribution in [0.5, 0.6) is 0 Å². The maximum atomic E-state index is 4.77. The van der Waals surface area contributed by atoms with Gasteiger partial charge in [0.15, 0.2) is 0 Å². The molecule has 0 spiro atoms. The van der Waals surface area contributed by atoms with Crippen LogP contribution in [0.3, 0.4) is 0 Å². The molecule has 1 aliphatic heterocycles. The highest BCUT2D eigenvalue weighted by molar-refractivity contribution is 5.40. The fourth-order valence-corrected chi connectivity index (χ4v) is 2.53. The molecular formula is C15H27N3. The second-order valence-electron chi connectivity index (χ2n) is 7.07. The molecule has 3 nitrogen and oxygen atoms in total. The molecule has 0 fully saturated rings. The Bertz CT molecular complexity index is 414. The zero-order valence-corrected chi connectivity index (χ0v) is 12.6. The Kier molecular flexibility index (Phi) is 3.43. The Labute approximate surface area is 111 Å². The summed E-state index contributed by atoms with van der Waals surface area (Å²) in [5.41, 5.74) is 1.57. The first-order chi connectivity index (χ1) is 8.27. The van der Waals surface area contributed by atoms with Crippen LogP contribution in [-0.2, 0) is 6.42 Å². The molecule has 1 N–H and O–H groups in total. The van der Waals surface area contributed by atoms with Crippen LogP contribution >= 0.6 is 0 Å². The van der Waals surface area contributed by atoms with E-state index in [1.54, 1.807) is 0 Å². The number of hydrogen-bond donors (Lipinski definition) is 1. The Morgan fingerprint density at radius 2 is 2.11 bits per heavy atom. The van der Waals surface area contributed by atoms with Crippen molar-refractivity contribution in [2.24, 2.45) is 11.3 Å². The molecule has 0 saturated heterocycles. The van der Waals surface area contributed by atoms with Crippen LogP contribution in [0.15, 0.2) is 6.07 Å². The lowest BCUT2D eigenvalue weighted by Crippen LogP contribution is -2.28. The van der Waals surface area contributed by atoms with Crippen molar-refractivity contribution in [1.82, 2.24) is 9.78 Å². The summed E-state index contributed by atoms with van der Waals surface area (Å²) in [7, 11) is 0. The van der Waals surface area contributed by atoms with Crippen LogP contribution in [0.1, 0.15) is 59.7 Å². The molecule has 0 saturated carbocycles. The normalized spacial score (nSPS) is 25.4. The number of fused-ring (bicyclic) bond motifs is 1. The number of nitrogens with zero attached hydrogens (tertiary/aromatic N) is 2. The van der Waals surface area contributed by atoms with Crippen molar-refractivity contribution in [2.45, 2.75) is 66.5 Å². The van der Waals surface area contributed by atoms with Crippen molar-refractivity contribution in [3.8, 4) is 0 Å². The number of nitrogens with one attached hydrogen (secondary N) is 1. The van der Waals surface area contributed by atoms with E-state index < -0.39 is 0 Å². The van der Waals surface area contributed by atoms with Gasteiger partial charge in [0.2, 0.25) is 0 Å². The van der Waals surface area contributed by atoms with E-state index in [4.69, 9.17) is 5.10 Å². The minimum atomic E-state index is 0.344. The minimum Gasteiger partial charge on any atom is -0.368 e. The molecule has 0 aliphatic carbocycles. The van der Waals surface area contributed by atoms with Crippen molar-refractivity contribution in [3.05, 3.63) is 11.8 Å². The van der Waals surface area contributed by atoms with E-state index >= 15 is 0 Å². The van der Waals surface area contributed by atoms with Crippen molar-refractivity contribution < 1.29 is 0 Å². The van der Waals surface area contributed by atoms with Crippen LogP contribution in [0.25, 0.3) is 0 Å². The molecule has 0 bridgehead atoms. The van der Waals surface area contributed by atoms with Gasteiger partial charge in [0.25, 0.3) is 0 Å². The van der Waals surface area contributed by atoms with Gasteiger partial charge < -0.3 is 5.32 Å². The average Bonchev–Trinajstić information content (AvgIpc) is 2.58. The molecule has 0 radical (unpaired) electrons. The molecule has 3 unspecified atom stereocenters. The van der Waals surface area contributed by atoms with E-state index in [1.807, 2.05) is 0 Å². The van der Waals surface area contributed by atoms with Gasteiger partial charge in [-0.15, -0.1) is 0 Å². The van der Waals surface area contributed by atoms with E-state index in [2.05, 4.69) is 57.6 Å². The Hall–Kier alpha value is -0.990. The Morgan fingerprint density at radius 1 is 1.44 bits per heavy atom. The Morgan fingerprint density at radius 3 is 2.72 bits per heavy atom. The zero-order valence-electron chi connectivity index (χ0n) is 12.6. The number of aromatic nitrogens is 2. The molecule has 3 atom stereocenters. The van der Waals surface area contributed by atoms with Crippen LogP contribution in [0.2, 0.25) is 0 Å². The van der Waals surface area contributed by atoms with Gasteiger partial charge in [0.05, 0.1) is 11.7 Å². The second-order valence-corrected chi connectivity index (χ2v) is 7.07. The highest BCUT2D eigenvalue weighted by Gasteiger charge is 2.25. The third-order valence-corrected chi connectivity index (χ3v) is 4.29. The monoisotopic (exact) mass is 249 g/mol. The lowest BCUT2D eigenvalue weighted by Gasteiger charge is -2.27. The van der Waals surface area contributed by atoms with Crippen molar-refractivity contribution in [2.75, 3.05) is 5.32 Å². The Balaban J connectivity index is 2.15. The fourth-order valence-electron chi connectivity index (χ4n) is 2.53. The molecular weight excluding hydrogens is 222 g/mol. The molecule has 2 rings (SSSR count). The highest BCUT2D eigenvalue weighted by atomic mass is 15.4. The van der Waals surface area contributed by atoms with E-state index in [-0.39, 0.29) is 0 Å². The van der Waals surface area contributed by atoms with Gasteiger partial charge in [-0.3, -0.25) is 0 Å². The lowest BCUT2D eigenvalue weighted by atomic mass is 9.79. The molecule has 102 valence electrons. The summed E-state index contributed by atoms with van der Waals surface area (Å²) in [5, 5.41) is 8.30. The zero-order chi connectivity index (χ0) is 13.5. The molecule has 3 heteroatoms. The fraction of sp³-hybridized carbons (Fsp3) is 0.800. The quantitative estimate of drug-likeness (QED) is 0.862. The van der Waals surface area contributed by atoms with Gasteiger partial charge in [-0.25, -0.2) is 4.68 Å². The molecule has 18 heavy (non-hydrogen) atoms. The highest BCUT2D eigenvalue weighted by Crippen LogP contribution is 2.31. The van der Waals surface area contributed by atoms with Crippen LogP contribution < -0.4 is 5.32 Å². The van der Waals surface area contributed by atoms with E-state index in [0.717, 1.165) is 12.8 Å². The summed E-state index contributed by atoms with van der Waals surface area (Å²) in [6.07, 6.45) is 2.22. The standard InChI is InChI=1S/C15H27N3/c1-10(15(4,5)6)7-13-9-14-16-11(2)8-12(3)18(14)17-13/h9-12,16H,7-8H2,1-6H3. The van der Waals surface area contributed by atoms with Gasteiger partial charge in [-0.05, 0) is 38.0 Å². The lowest BCUT2D eigenvalue weighted by molar-refractivity contribution is 0.257. The molecule has 1 aliphatic rings. The summed E-state index contributed by atoms with van der Waals surface area (Å²) >= 11 is 0. The van der Waals surface area contributed by atoms with Gasteiger partial charge >= 0.3 is 0 Å². The van der Waals surface area contributed by atoms with Crippen LogP contribution in [0.4, 0.5) is 5.82 Å². The van der Waals surface area contributed by atoms with Crippen molar-refractivity contribution >= 4 is 5.82 Å². The number of hydrogen-bond acceptors (Lipinski definition) is 2. The maximum absolute atomic E-state index is 4.77. The average molecular weight is 249 g/mol. The minimum absolute atomic E-state index is 0.344. The van der Waals surface area contributed by atoms with Gasteiger partial charge in [-0.1, -0.05) is 27.7 Å². The van der Waals surface area contributed by atoms with Crippen molar-refractivity contribution in [3.63, 3.8) is 0 Å². The van der Waals surface area contributed by atoms with E-state index in [0.29, 0.717) is 23.4 Å². The summed E-state index contributed by atoms with van der Waals surface area (Å²) in [4.78, 5) is 0. The first-order valence-corrected chi connectivity index (χ1v) is 7.12. The first-order valence-electron chi connectivity index (χ1n) is 7.12. The van der Waals surface area contributed by atoms with Crippen LogP contribution in [-0.4, -0.2) is 15.8 Å². The van der Waals surface area contributed by atoms with E-state index in [1.165, 1.54) is 11.5 Å². The molecule has 1 aromatic rings. The topological polar surface area (TPSA) is 29.9 Å². The third-order valence-electron chi connectivity index (χ3n) is 4.29. The van der Waals surface area contributed by atoms with Gasteiger partial charge in [-0.2, -0.15) is 5.10 Å². The van der Waals surface area contributed by atoms with Crippen LogP contribution in [0, 0.1) is 11.3 Å². The predicted molar refractivity (Wildman–Crippen MR) is 77.0 cm³/mol. The SMILES string of the molecule is CC1CC(C)n2nc(CC(C)C(C)(C)C)cc2N1. The predicted octanol–water partition coefficient (Wildman–Crippen LogP) is 3.87. The molecule has 0 aromatic carbocycles. The number of anilines is 1. The molecule has 2 heterocycles. The summed E-state index contributed by atoms with van der Waals surface area (Å²) in [6, 6.07) is 3.29. The largest absolute Gasteiger partial charge is 0.368 e. The summed E-state index contributed by atoms with van der Waals surface area (Å²) < 4.78 is 2.16. The smallest absolute Gasteiger partial charge is 0.125 e. The summed E-state index contributed by atoms with van der Waals surface area (Å²) in [6.45, 7) is 13.7. The first kappa shape index (κ1) is 13.4. The second kappa shape index (κ2) is 4.60. The van der Waals surface area contributed by atoms with E-state index in [9.17, 15) is 0 Å². The molecule has 0 amide bonds. The third kappa shape index (κ3) is 2.70. The molecule has 1 aromatic heterocycles. The maximum Gasteiger partial charge on any atom is 0.125 e. The number of rotatable bonds is 2. The summed E-state index contributed by atoms with van der Waals surface area (Å²) in [5.74, 6) is 1.83.